The maximum absolute atomic E-state index is 5.82. The van der Waals surface area contributed by atoms with Crippen LogP contribution < -0.4 is 5.32 Å². The van der Waals surface area contributed by atoms with Gasteiger partial charge < -0.3 is 5.32 Å². The van der Waals surface area contributed by atoms with E-state index in [4.69, 9.17) is 11.6 Å². The summed E-state index contributed by atoms with van der Waals surface area (Å²) in [6, 6.07) is 8.43. The molecule has 1 aromatic carbocycles. The van der Waals surface area contributed by atoms with E-state index in [1.807, 2.05) is 49.2 Å². The fraction of sp³-hybridized carbons (Fsp3) is 0.333. The topological polar surface area (TPSA) is 12.0 Å². The highest BCUT2D eigenvalue weighted by atomic mass is 35.5. The van der Waals surface area contributed by atoms with Crippen molar-refractivity contribution in [2.75, 3.05) is 12.8 Å². The molecule has 3 heteroatoms. The minimum atomic E-state index is 0.489. The molecular weight excluding hydrogens is 226 g/mol. The molecule has 0 amide bonds. The van der Waals surface area contributed by atoms with Crippen molar-refractivity contribution in [1.29, 1.82) is 0 Å². The predicted octanol–water partition coefficient (Wildman–Crippen LogP) is 3.60. The summed E-state index contributed by atoms with van der Waals surface area (Å²) in [6.07, 6.45) is 2.95. The number of thioether (sulfide) groups is 1. The van der Waals surface area contributed by atoms with Crippen molar-refractivity contribution < 1.29 is 0 Å². The van der Waals surface area contributed by atoms with Crippen molar-refractivity contribution in [3.05, 3.63) is 41.9 Å². The molecule has 0 aliphatic heterocycles. The van der Waals surface area contributed by atoms with Gasteiger partial charge in [0.15, 0.2) is 0 Å². The maximum atomic E-state index is 5.82. The van der Waals surface area contributed by atoms with Crippen molar-refractivity contribution in [1.82, 2.24) is 5.32 Å². The molecule has 0 spiro atoms. The van der Waals surface area contributed by atoms with Crippen molar-refractivity contribution >= 4 is 23.4 Å². The third-order valence-electron chi connectivity index (χ3n) is 2.12. The van der Waals surface area contributed by atoms with E-state index in [0.29, 0.717) is 6.04 Å². The number of halogens is 1. The van der Waals surface area contributed by atoms with Crippen LogP contribution in [0.4, 0.5) is 0 Å². The molecule has 0 saturated carbocycles. The summed E-state index contributed by atoms with van der Waals surface area (Å²) in [5.74, 6) is 1.05. The lowest BCUT2D eigenvalue weighted by Gasteiger charge is -2.13. The van der Waals surface area contributed by atoms with E-state index in [2.05, 4.69) is 11.9 Å². The normalized spacial score (nSPS) is 12.4. The lowest BCUT2D eigenvalue weighted by molar-refractivity contribution is 0.629. The van der Waals surface area contributed by atoms with E-state index in [1.165, 1.54) is 4.90 Å². The van der Waals surface area contributed by atoms with Gasteiger partial charge in [-0.3, -0.25) is 0 Å². The zero-order valence-corrected chi connectivity index (χ0v) is 10.4. The van der Waals surface area contributed by atoms with Gasteiger partial charge in [0.05, 0.1) is 0 Å². The fourth-order valence-electron chi connectivity index (χ4n) is 1.20. The number of rotatable bonds is 6. The van der Waals surface area contributed by atoms with Crippen molar-refractivity contribution in [3.8, 4) is 0 Å². The lowest BCUT2D eigenvalue weighted by atomic mass is 10.2. The first kappa shape index (κ1) is 12.6. The molecule has 1 unspecified atom stereocenters. The van der Waals surface area contributed by atoms with Crippen LogP contribution in [-0.4, -0.2) is 18.8 Å². The van der Waals surface area contributed by atoms with E-state index >= 15 is 0 Å². The second kappa shape index (κ2) is 6.94. The van der Waals surface area contributed by atoms with Gasteiger partial charge >= 0.3 is 0 Å². The van der Waals surface area contributed by atoms with Crippen LogP contribution in [0.15, 0.2) is 41.8 Å². The molecule has 0 fully saturated rings. The molecule has 0 aliphatic rings. The Labute approximate surface area is 101 Å². The summed E-state index contributed by atoms with van der Waals surface area (Å²) in [5.41, 5.74) is 0. The third-order valence-corrected chi connectivity index (χ3v) is 3.55. The summed E-state index contributed by atoms with van der Waals surface area (Å²) in [6.45, 7) is 3.75. The molecule has 1 N–H and O–H groups in total. The highest BCUT2D eigenvalue weighted by Crippen LogP contribution is 2.21. The fourth-order valence-corrected chi connectivity index (χ4v) is 2.35. The monoisotopic (exact) mass is 241 g/mol. The van der Waals surface area contributed by atoms with Gasteiger partial charge in [0.2, 0.25) is 0 Å². The van der Waals surface area contributed by atoms with E-state index in [0.717, 1.165) is 17.2 Å². The van der Waals surface area contributed by atoms with Gasteiger partial charge in [0, 0.05) is 21.7 Å². The van der Waals surface area contributed by atoms with Crippen LogP contribution in [0.5, 0.6) is 0 Å². The quantitative estimate of drug-likeness (QED) is 0.603. The molecular formula is C12H16ClNS. The standard InChI is InChI=1S/C12H16ClNS/c1-3-4-11(14-2)9-15-12-7-5-10(13)6-8-12/h3,5-8,11,14H,1,4,9H2,2H3. The van der Waals surface area contributed by atoms with Gasteiger partial charge in [-0.05, 0) is 37.7 Å². The molecule has 15 heavy (non-hydrogen) atoms. The van der Waals surface area contributed by atoms with Gasteiger partial charge in [0.25, 0.3) is 0 Å². The minimum Gasteiger partial charge on any atom is -0.316 e. The van der Waals surface area contributed by atoms with Crippen molar-refractivity contribution in [3.63, 3.8) is 0 Å². The first-order chi connectivity index (χ1) is 7.26. The molecule has 1 nitrogen and oxygen atoms in total. The zero-order chi connectivity index (χ0) is 11.1. The van der Waals surface area contributed by atoms with E-state index < -0.39 is 0 Å². The maximum Gasteiger partial charge on any atom is 0.0406 e. The summed E-state index contributed by atoms with van der Waals surface area (Å²) >= 11 is 7.65. The summed E-state index contributed by atoms with van der Waals surface area (Å²) < 4.78 is 0. The van der Waals surface area contributed by atoms with Crippen LogP contribution in [0.25, 0.3) is 0 Å². The molecule has 1 atom stereocenters. The molecule has 1 rings (SSSR count). The Morgan fingerprint density at radius 3 is 2.67 bits per heavy atom. The Morgan fingerprint density at radius 2 is 2.13 bits per heavy atom. The first-order valence-electron chi connectivity index (χ1n) is 4.92. The van der Waals surface area contributed by atoms with Gasteiger partial charge in [-0.15, -0.1) is 18.3 Å². The number of nitrogens with one attached hydrogen (secondary N) is 1. The summed E-state index contributed by atoms with van der Waals surface area (Å²) in [4.78, 5) is 1.25. The van der Waals surface area contributed by atoms with Crippen LogP contribution in [0.3, 0.4) is 0 Å². The Hall–Kier alpha value is -0.440. The van der Waals surface area contributed by atoms with Gasteiger partial charge in [0.1, 0.15) is 0 Å². The molecule has 0 heterocycles. The van der Waals surface area contributed by atoms with Crippen LogP contribution in [0, 0.1) is 0 Å². The van der Waals surface area contributed by atoms with Gasteiger partial charge in [-0.25, -0.2) is 0 Å². The predicted molar refractivity (Wildman–Crippen MR) is 69.8 cm³/mol. The molecule has 0 aromatic heterocycles. The van der Waals surface area contributed by atoms with Crippen molar-refractivity contribution in [2.45, 2.75) is 17.4 Å². The Balaban J connectivity index is 2.41. The summed E-state index contributed by atoms with van der Waals surface area (Å²) in [5, 5.41) is 4.05. The molecule has 82 valence electrons. The van der Waals surface area contributed by atoms with Gasteiger partial charge in [-0.1, -0.05) is 17.7 Å². The van der Waals surface area contributed by atoms with E-state index in [1.54, 1.807) is 0 Å². The molecule has 0 saturated heterocycles. The molecule has 0 bridgehead atoms. The highest BCUT2D eigenvalue weighted by molar-refractivity contribution is 7.99. The van der Waals surface area contributed by atoms with Crippen LogP contribution >= 0.6 is 23.4 Å². The summed E-state index contributed by atoms with van der Waals surface area (Å²) in [7, 11) is 1.98. The smallest absolute Gasteiger partial charge is 0.0406 e. The van der Waals surface area contributed by atoms with E-state index in [-0.39, 0.29) is 0 Å². The van der Waals surface area contributed by atoms with Crippen molar-refractivity contribution in [2.24, 2.45) is 0 Å². The average Bonchev–Trinajstić information content (AvgIpc) is 2.26. The third kappa shape index (κ3) is 4.74. The highest BCUT2D eigenvalue weighted by Gasteiger charge is 2.04. The van der Waals surface area contributed by atoms with Crippen LogP contribution in [0.2, 0.25) is 5.02 Å². The number of hydrogen-bond acceptors (Lipinski definition) is 2. The largest absolute Gasteiger partial charge is 0.316 e. The molecule has 0 aliphatic carbocycles. The lowest BCUT2D eigenvalue weighted by Crippen LogP contribution is -2.26. The first-order valence-corrected chi connectivity index (χ1v) is 6.29. The number of hydrogen-bond donors (Lipinski definition) is 1. The zero-order valence-electron chi connectivity index (χ0n) is 8.87. The second-order valence-electron chi connectivity index (χ2n) is 3.27. The van der Waals surface area contributed by atoms with Crippen LogP contribution in [-0.2, 0) is 0 Å². The van der Waals surface area contributed by atoms with E-state index in [9.17, 15) is 0 Å². The van der Waals surface area contributed by atoms with Gasteiger partial charge in [-0.2, -0.15) is 0 Å². The molecule has 1 aromatic rings. The van der Waals surface area contributed by atoms with Crippen LogP contribution in [0.1, 0.15) is 6.42 Å². The Kier molecular flexibility index (Phi) is 5.84. The SMILES string of the molecule is C=CCC(CSc1ccc(Cl)cc1)NC. The second-order valence-corrected chi connectivity index (χ2v) is 4.80. The Bertz CT molecular complexity index is 297. The average molecular weight is 242 g/mol. The minimum absolute atomic E-state index is 0.489. The number of benzene rings is 1. The molecule has 0 radical (unpaired) electrons. The Morgan fingerprint density at radius 1 is 1.47 bits per heavy atom.